The Morgan fingerprint density at radius 2 is 2.21 bits per heavy atom. The Morgan fingerprint density at radius 3 is 2.89 bits per heavy atom. The van der Waals surface area contributed by atoms with Gasteiger partial charge < -0.3 is 10.4 Å². The predicted octanol–water partition coefficient (Wildman–Crippen LogP) is 1.87. The lowest BCUT2D eigenvalue weighted by Crippen LogP contribution is -2.21. The number of aromatic nitrogens is 2. The number of hydrogen-bond acceptors (Lipinski definition) is 3. The Labute approximate surface area is 111 Å². The lowest BCUT2D eigenvalue weighted by molar-refractivity contribution is 0.169. The molecule has 1 heterocycles. The topological polar surface area (TPSA) is 50.1 Å². The van der Waals surface area contributed by atoms with Gasteiger partial charge in [-0.15, -0.1) is 0 Å². The molecule has 102 valence electrons. The number of benzene rings is 1. The van der Waals surface area contributed by atoms with Crippen molar-refractivity contribution < 1.29 is 9.50 Å². The van der Waals surface area contributed by atoms with Crippen molar-refractivity contribution in [2.75, 3.05) is 6.54 Å². The molecule has 0 fully saturated rings. The molecule has 5 heteroatoms. The van der Waals surface area contributed by atoms with E-state index >= 15 is 0 Å². The molecule has 1 aromatic carbocycles. The van der Waals surface area contributed by atoms with Gasteiger partial charge in [-0.1, -0.05) is 18.2 Å². The average molecular weight is 263 g/mol. The van der Waals surface area contributed by atoms with Crippen LogP contribution in [-0.2, 0) is 13.1 Å². The summed E-state index contributed by atoms with van der Waals surface area (Å²) in [6.07, 6.45) is 2.89. The van der Waals surface area contributed by atoms with Crippen molar-refractivity contribution in [2.24, 2.45) is 0 Å². The Bertz CT molecular complexity index is 527. The molecule has 0 amide bonds. The zero-order valence-electron chi connectivity index (χ0n) is 10.9. The SMILES string of the molecule is CCn1cc(CNCC(O)c2ccccc2F)cn1. The van der Waals surface area contributed by atoms with Crippen LogP contribution in [0, 0.1) is 5.82 Å². The second kappa shape index (κ2) is 6.45. The molecule has 0 aliphatic heterocycles. The number of aliphatic hydroxyl groups excluding tert-OH is 1. The van der Waals surface area contributed by atoms with Gasteiger partial charge in [0.1, 0.15) is 5.82 Å². The van der Waals surface area contributed by atoms with Gasteiger partial charge >= 0.3 is 0 Å². The van der Waals surface area contributed by atoms with E-state index in [4.69, 9.17) is 0 Å². The average Bonchev–Trinajstić information content (AvgIpc) is 2.87. The highest BCUT2D eigenvalue weighted by molar-refractivity contribution is 5.20. The minimum absolute atomic E-state index is 0.304. The molecule has 2 aromatic rings. The first-order chi connectivity index (χ1) is 9.20. The van der Waals surface area contributed by atoms with Crippen LogP contribution in [0.1, 0.15) is 24.2 Å². The van der Waals surface area contributed by atoms with E-state index in [9.17, 15) is 9.50 Å². The number of hydrogen-bond donors (Lipinski definition) is 2. The van der Waals surface area contributed by atoms with E-state index in [2.05, 4.69) is 10.4 Å². The summed E-state index contributed by atoms with van der Waals surface area (Å²) in [5.41, 5.74) is 1.36. The molecule has 0 spiro atoms. The van der Waals surface area contributed by atoms with E-state index in [-0.39, 0.29) is 5.82 Å². The fourth-order valence-electron chi connectivity index (χ4n) is 1.88. The van der Waals surface area contributed by atoms with Crippen molar-refractivity contribution in [2.45, 2.75) is 26.1 Å². The molecule has 2 rings (SSSR count). The van der Waals surface area contributed by atoms with Crippen LogP contribution in [0.25, 0.3) is 0 Å². The minimum Gasteiger partial charge on any atom is -0.387 e. The third kappa shape index (κ3) is 3.62. The van der Waals surface area contributed by atoms with Gasteiger partial charge in [0.15, 0.2) is 0 Å². The smallest absolute Gasteiger partial charge is 0.129 e. The summed E-state index contributed by atoms with van der Waals surface area (Å²) < 4.78 is 15.3. The standard InChI is InChI=1S/C14H18FN3O/c1-2-18-10-11(8-17-18)7-16-9-14(19)12-5-3-4-6-13(12)15/h3-6,8,10,14,16,19H,2,7,9H2,1H3. The summed E-state index contributed by atoms with van der Waals surface area (Å²) in [7, 11) is 0. The van der Waals surface area contributed by atoms with Gasteiger partial charge in [-0.2, -0.15) is 5.10 Å². The summed E-state index contributed by atoms with van der Waals surface area (Å²) >= 11 is 0. The monoisotopic (exact) mass is 263 g/mol. The van der Waals surface area contributed by atoms with Crippen LogP contribution in [0.5, 0.6) is 0 Å². The van der Waals surface area contributed by atoms with Crippen molar-refractivity contribution >= 4 is 0 Å². The highest BCUT2D eigenvalue weighted by Crippen LogP contribution is 2.15. The van der Waals surface area contributed by atoms with E-state index in [1.54, 1.807) is 24.4 Å². The van der Waals surface area contributed by atoms with Gasteiger partial charge in [-0.3, -0.25) is 4.68 Å². The Morgan fingerprint density at radius 1 is 1.42 bits per heavy atom. The van der Waals surface area contributed by atoms with Gasteiger partial charge in [0.2, 0.25) is 0 Å². The predicted molar refractivity (Wildman–Crippen MR) is 71.0 cm³/mol. The van der Waals surface area contributed by atoms with Crippen molar-refractivity contribution in [3.63, 3.8) is 0 Å². The van der Waals surface area contributed by atoms with Crippen LogP contribution >= 0.6 is 0 Å². The minimum atomic E-state index is -0.845. The lowest BCUT2D eigenvalue weighted by Gasteiger charge is -2.12. The van der Waals surface area contributed by atoms with Crippen molar-refractivity contribution in [1.82, 2.24) is 15.1 Å². The maximum absolute atomic E-state index is 13.4. The van der Waals surface area contributed by atoms with Crippen LogP contribution in [0.2, 0.25) is 0 Å². The molecule has 0 aliphatic carbocycles. The largest absolute Gasteiger partial charge is 0.387 e. The van der Waals surface area contributed by atoms with Gasteiger partial charge in [-0.05, 0) is 13.0 Å². The number of halogens is 1. The Hall–Kier alpha value is -1.72. The van der Waals surface area contributed by atoms with Crippen molar-refractivity contribution in [1.29, 1.82) is 0 Å². The van der Waals surface area contributed by atoms with E-state index in [1.807, 2.05) is 17.8 Å². The fourth-order valence-corrected chi connectivity index (χ4v) is 1.88. The van der Waals surface area contributed by atoms with Gasteiger partial charge in [0.05, 0.1) is 12.3 Å². The van der Waals surface area contributed by atoms with E-state index < -0.39 is 6.10 Å². The maximum Gasteiger partial charge on any atom is 0.129 e. The fraction of sp³-hybridized carbons (Fsp3) is 0.357. The first kappa shape index (κ1) is 13.7. The van der Waals surface area contributed by atoms with E-state index in [1.165, 1.54) is 6.07 Å². The molecule has 1 unspecified atom stereocenters. The number of nitrogens with zero attached hydrogens (tertiary/aromatic N) is 2. The summed E-state index contributed by atoms with van der Waals surface area (Å²) in [5, 5.41) is 17.2. The number of aliphatic hydroxyl groups is 1. The first-order valence-electron chi connectivity index (χ1n) is 6.35. The summed E-state index contributed by atoms with van der Waals surface area (Å²) in [6.45, 7) is 3.76. The first-order valence-corrected chi connectivity index (χ1v) is 6.35. The number of nitrogens with one attached hydrogen (secondary N) is 1. The van der Waals surface area contributed by atoms with E-state index in [0.717, 1.165) is 12.1 Å². The molecule has 0 bridgehead atoms. The molecule has 4 nitrogen and oxygen atoms in total. The molecule has 2 N–H and O–H groups in total. The van der Waals surface area contributed by atoms with Crippen molar-refractivity contribution in [3.8, 4) is 0 Å². The molecule has 19 heavy (non-hydrogen) atoms. The third-order valence-corrected chi connectivity index (χ3v) is 2.94. The summed E-state index contributed by atoms with van der Waals surface area (Å²) in [4.78, 5) is 0. The molecule has 0 radical (unpaired) electrons. The van der Waals surface area contributed by atoms with E-state index in [0.29, 0.717) is 18.7 Å². The molecular formula is C14H18FN3O. The molecule has 0 saturated heterocycles. The van der Waals surface area contributed by atoms with Crippen molar-refractivity contribution in [3.05, 3.63) is 53.6 Å². The number of rotatable bonds is 6. The van der Waals surface area contributed by atoms with Crippen LogP contribution in [-0.4, -0.2) is 21.4 Å². The lowest BCUT2D eigenvalue weighted by atomic mass is 10.1. The molecule has 0 aliphatic rings. The highest BCUT2D eigenvalue weighted by atomic mass is 19.1. The molecule has 1 atom stereocenters. The number of aryl methyl sites for hydroxylation is 1. The Kier molecular flexibility index (Phi) is 4.65. The highest BCUT2D eigenvalue weighted by Gasteiger charge is 2.11. The van der Waals surface area contributed by atoms with Gasteiger partial charge in [-0.25, -0.2) is 4.39 Å². The zero-order chi connectivity index (χ0) is 13.7. The second-order valence-corrected chi connectivity index (χ2v) is 4.37. The van der Waals surface area contributed by atoms with Crippen LogP contribution in [0.15, 0.2) is 36.7 Å². The second-order valence-electron chi connectivity index (χ2n) is 4.37. The zero-order valence-corrected chi connectivity index (χ0v) is 10.9. The van der Waals surface area contributed by atoms with Gasteiger partial charge in [0, 0.05) is 37.0 Å². The summed E-state index contributed by atoms with van der Waals surface area (Å²) in [6, 6.07) is 6.27. The van der Waals surface area contributed by atoms with Crippen LogP contribution in [0.3, 0.4) is 0 Å². The van der Waals surface area contributed by atoms with Gasteiger partial charge in [0.25, 0.3) is 0 Å². The quantitative estimate of drug-likeness (QED) is 0.836. The van der Waals surface area contributed by atoms with Crippen LogP contribution in [0.4, 0.5) is 4.39 Å². The third-order valence-electron chi connectivity index (χ3n) is 2.94. The molecule has 0 saturated carbocycles. The molecular weight excluding hydrogens is 245 g/mol. The summed E-state index contributed by atoms with van der Waals surface area (Å²) in [5.74, 6) is -0.379. The maximum atomic E-state index is 13.4. The normalized spacial score (nSPS) is 12.6. The Balaban J connectivity index is 1.84. The van der Waals surface area contributed by atoms with Crippen LogP contribution < -0.4 is 5.32 Å². The molecule has 1 aromatic heterocycles.